The Hall–Kier alpha value is -2.34. The van der Waals surface area contributed by atoms with Crippen molar-refractivity contribution in [1.82, 2.24) is 4.90 Å². The summed E-state index contributed by atoms with van der Waals surface area (Å²) >= 11 is 3.36. The molecule has 1 N–H and O–H groups in total. The Labute approximate surface area is 156 Å². The zero-order chi connectivity index (χ0) is 18.4. The molecule has 0 heterocycles. The van der Waals surface area contributed by atoms with E-state index in [-0.39, 0.29) is 18.4 Å². The third kappa shape index (κ3) is 5.90. The highest BCUT2D eigenvalue weighted by Crippen LogP contribution is 2.19. The first kappa shape index (κ1) is 19.0. The lowest BCUT2D eigenvalue weighted by Crippen LogP contribution is -2.41. The summed E-state index contributed by atoms with van der Waals surface area (Å²) in [6.07, 6.45) is -0.688. The molecule has 2 rings (SSSR count). The van der Waals surface area contributed by atoms with E-state index in [0.29, 0.717) is 11.4 Å². The number of nitrogens with zero attached hydrogens (tertiary/aromatic N) is 1. The first-order valence-electron chi connectivity index (χ1n) is 7.89. The minimum Gasteiger partial charge on any atom is -0.481 e. The van der Waals surface area contributed by atoms with E-state index in [2.05, 4.69) is 21.2 Å². The molecule has 0 bridgehead atoms. The second kappa shape index (κ2) is 8.67. The lowest BCUT2D eigenvalue weighted by atomic mass is 10.2. The summed E-state index contributed by atoms with van der Waals surface area (Å²) in [5.41, 5.74) is 1.82. The number of amides is 2. The van der Waals surface area contributed by atoms with E-state index >= 15 is 0 Å². The molecule has 25 heavy (non-hydrogen) atoms. The average Bonchev–Trinajstić information content (AvgIpc) is 2.56. The third-order valence-corrected chi connectivity index (χ3v) is 4.04. The molecule has 0 aliphatic rings. The Morgan fingerprint density at radius 1 is 1.20 bits per heavy atom. The van der Waals surface area contributed by atoms with Gasteiger partial charge in [0, 0.05) is 17.2 Å². The second-order valence-electron chi connectivity index (χ2n) is 5.83. The zero-order valence-electron chi connectivity index (χ0n) is 14.5. The van der Waals surface area contributed by atoms with Crippen LogP contribution in [0.25, 0.3) is 0 Å². The van der Waals surface area contributed by atoms with E-state index in [1.807, 2.05) is 43.3 Å². The number of ether oxygens (including phenoxy) is 1. The summed E-state index contributed by atoms with van der Waals surface area (Å²) in [5, 5.41) is 2.77. The Balaban J connectivity index is 1.88. The van der Waals surface area contributed by atoms with Crippen LogP contribution in [0, 0.1) is 6.92 Å². The van der Waals surface area contributed by atoms with Gasteiger partial charge in [0.2, 0.25) is 5.91 Å². The zero-order valence-corrected chi connectivity index (χ0v) is 16.0. The van der Waals surface area contributed by atoms with Crippen molar-refractivity contribution in [2.45, 2.75) is 20.0 Å². The van der Waals surface area contributed by atoms with Crippen LogP contribution in [0.4, 0.5) is 5.69 Å². The minimum absolute atomic E-state index is 0.0428. The van der Waals surface area contributed by atoms with Crippen LogP contribution < -0.4 is 10.1 Å². The lowest BCUT2D eigenvalue weighted by molar-refractivity contribution is -0.139. The fourth-order valence-electron chi connectivity index (χ4n) is 2.24. The first-order valence-corrected chi connectivity index (χ1v) is 8.68. The van der Waals surface area contributed by atoms with Gasteiger partial charge in [-0.2, -0.15) is 0 Å². The molecule has 0 aromatic heterocycles. The molecule has 0 radical (unpaired) electrons. The standard InChI is InChI=1S/C19H21BrN2O3/c1-13-7-9-16(10-8-13)21-18(23)12-22(3)19(24)14(2)25-17-6-4-5-15(20)11-17/h4-11,14H,12H2,1-3H3,(H,21,23). The van der Waals surface area contributed by atoms with Gasteiger partial charge in [0.15, 0.2) is 6.10 Å². The number of likely N-dealkylation sites (N-methyl/N-ethyl adjacent to an activating group) is 1. The van der Waals surface area contributed by atoms with Gasteiger partial charge in [-0.1, -0.05) is 39.7 Å². The summed E-state index contributed by atoms with van der Waals surface area (Å²) in [4.78, 5) is 25.8. The van der Waals surface area contributed by atoms with Crippen molar-refractivity contribution in [1.29, 1.82) is 0 Å². The quantitative estimate of drug-likeness (QED) is 0.799. The minimum atomic E-state index is -0.688. The predicted molar refractivity (Wildman–Crippen MR) is 102 cm³/mol. The van der Waals surface area contributed by atoms with Crippen LogP contribution >= 0.6 is 15.9 Å². The number of carbonyl (C=O) groups is 2. The van der Waals surface area contributed by atoms with Crippen LogP contribution in [0.1, 0.15) is 12.5 Å². The highest BCUT2D eigenvalue weighted by atomic mass is 79.9. The van der Waals surface area contributed by atoms with Gasteiger partial charge in [0.05, 0.1) is 6.54 Å². The third-order valence-electron chi connectivity index (χ3n) is 3.55. The van der Waals surface area contributed by atoms with Crippen molar-refractivity contribution in [3.8, 4) is 5.75 Å². The summed E-state index contributed by atoms with van der Waals surface area (Å²) in [6.45, 7) is 3.60. The molecule has 132 valence electrons. The molecule has 5 nitrogen and oxygen atoms in total. The fourth-order valence-corrected chi connectivity index (χ4v) is 2.61. The van der Waals surface area contributed by atoms with Crippen molar-refractivity contribution in [2.24, 2.45) is 0 Å². The van der Waals surface area contributed by atoms with Gasteiger partial charge in [-0.3, -0.25) is 9.59 Å². The average molecular weight is 405 g/mol. The molecule has 6 heteroatoms. The molecular formula is C19H21BrN2O3. The molecule has 1 unspecified atom stereocenters. The maximum absolute atomic E-state index is 12.4. The number of rotatable bonds is 6. The van der Waals surface area contributed by atoms with E-state index < -0.39 is 6.10 Å². The number of benzene rings is 2. The lowest BCUT2D eigenvalue weighted by Gasteiger charge is -2.22. The van der Waals surface area contributed by atoms with Crippen LogP contribution in [0.5, 0.6) is 5.75 Å². The summed E-state index contributed by atoms with van der Waals surface area (Å²) in [6, 6.07) is 14.8. The van der Waals surface area contributed by atoms with Gasteiger partial charge in [-0.15, -0.1) is 0 Å². The Morgan fingerprint density at radius 3 is 2.52 bits per heavy atom. The van der Waals surface area contributed by atoms with Crippen molar-refractivity contribution < 1.29 is 14.3 Å². The molecule has 0 fully saturated rings. The highest BCUT2D eigenvalue weighted by Gasteiger charge is 2.21. The number of aryl methyl sites for hydroxylation is 1. The molecule has 0 saturated heterocycles. The molecule has 0 saturated carbocycles. The number of hydrogen-bond donors (Lipinski definition) is 1. The van der Waals surface area contributed by atoms with Gasteiger partial charge >= 0.3 is 0 Å². The van der Waals surface area contributed by atoms with Crippen LogP contribution in [0.2, 0.25) is 0 Å². The summed E-state index contributed by atoms with van der Waals surface area (Å²) in [7, 11) is 1.58. The number of halogens is 1. The summed E-state index contributed by atoms with van der Waals surface area (Å²) in [5.74, 6) is 0.0705. The van der Waals surface area contributed by atoms with Crippen LogP contribution in [0.15, 0.2) is 53.0 Å². The normalized spacial score (nSPS) is 11.5. The fraction of sp³-hybridized carbons (Fsp3) is 0.263. The van der Waals surface area contributed by atoms with E-state index in [1.54, 1.807) is 26.1 Å². The van der Waals surface area contributed by atoms with Gasteiger partial charge < -0.3 is 15.0 Å². The van der Waals surface area contributed by atoms with Crippen molar-refractivity contribution in [3.05, 3.63) is 58.6 Å². The SMILES string of the molecule is Cc1ccc(NC(=O)CN(C)C(=O)C(C)Oc2cccc(Br)c2)cc1. The maximum Gasteiger partial charge on any atom is 0.263 e. The van der Waals surface area contributed by atoms with E-state index in [4.69, 9.17) is 4.74 Å². The molecule has 0 spiro atoms. The molecule has 1 atom stereocenters. The Morgan fingerprint density at radius 2 is 1.88 bits per heavy atom. The monoisotopic (exact) mass is 404 g/mol. The first-order chi connectivity index (χ1) is 11.8. The number of anilines is 1. The molecule has 0 aliphatic carbocycles. The number of hydrogen-bond acceptors (Lipinski definition) is 3. The van der Waals surface area contributed by atoms with E-state index in [1.165, 1.54) is 4.90 Å². The van der Waals surface area contributed by atoms with Gasteiger partial charge in [-0.25, -0.2) is 0 Å². The maximum atomic E-state index is 12.4. The van der Waals surface area contributed by atoms with Gasteiger partial charge in [0.1, 0.15) is 5.75 Å². The summed E-state index contributed by atoms with van der Waals surface area (Å²) < 4.78 is 6.51. The Kier molecular flexibility index (Phi) is 6.58. The molecular weight excluding hydrogens is 384 g/mol. The molecule has 2 aromatic rings. The number of nitrogens with one attached hydrogen (secondary N) is 1. The smallest absolute Gasteiger partial charge is 0.263 e. The van der Waals surface area contributed by atoms with E-state index in [9.17, 15) is 9.59 Å². The largest absolute Gasteiger partial charge is 0.481 e. The van der Waals surface area contributed by atoms with Gasteiger partial charge in [0.25, 0.3) is 5.91 Å². The topological polar surface area (TPSA) is 58.6 Å². The molecule has 2 aromatic carbocycles. The second-order valence-corrected chi connectivity index (χ2v) is 6.74. The van der Waals surface area contributed by atoms with Crippen LogP contribution in [-0.2, 0) is 9.59 Å². The van der Waals surface area contributed by atoms with E-state index in [0.717, 1.165) is 10.0 Å². The van der Waals surface area contributed by atoms with Crippen LogP contribution in [-0.4, -0.2) is 36.4 Å². The Bertz CT molecular complexity index is 747. The van der Waals surface area contributed by atoms with Crippen molar-refractivity contribution in [3.63, 3.8) is 0 Å². The van der Waals surface area contributed by atoms with Crippen molar-refractivity contribution >= 4 is 33.4 Å². The van der Waals surface area contributed by atoms with Crippen molar-refractivity contribution in [2.75, 3.05) is 18.9 Å². The highest BCUT2D eigenvalue weighted by molar-refractivity contribution is 9.10. The van der Waals surface area contributed by atoms with Gasteiger partial charge in [-0.05, 0) is 44.2 Å². The van der Waals surface area contributed by atoms with Crippen LogP contribution in [0.3, 0.4) is 0 Å². The molecule has 0 aliphatic heterocycles. The number of carbonyl (C=O) groups excluding carboxylic acids is 2. The predicted octanol–water partition coefficient (Wildman–Crippen LogP) is 3.62. The molecule has 2 amide bonds.